The molecule has 0 saturated carbocycles. The Hall–Kier alpha value is -2.13. The maximum absolute atomic E-state index is 11.4. The molecule has 98 valence electrons. The summed E-state index contributed by atoms with van der Waals surface area (Å²) in [6.07, 6.45) is -0.309. The van der Waals surface area contributed by atoms with Crippen LogP contribution in [0.5, 0.6) is 0 Å². The van der Waals surface area contributed by atoms with Crippen molar-refractivity contribution in [2.24, 2.45) is 16.0 Å². The second-order valence-corrected chi connectivity index (χ2v) is 4.95. The second kappa shape index (κ2) is 5.47. The summed E-state index contributed by atoms with van der Waals surface area (Å²) in [7, 11) is -3.83. The first-order valence-electron chi connectivity index (χ1n) is 4.72. The molecule has 18 heavy (non-hydrogen) atoms. The lowest BCUT2D eigenvalue weighted by Crippen LogP contribution is -2.22. The van der Waals surface area contributed by atoms with Gasteiger partial charge in [-0.1, -0.05) is 11.2 Å². The minimum Gasteiger partial charge on any atom is -0.409 e. The van der Waals surface area contributed by atoms with Gasteiger partial charge in [-0.3, -0.25) is 4.79 Å². The normalized spacial score (nSPS) is 12.2. The molecule has 0 bridgehead atoms. The molecule has 0 spiro atoms. The lowest BCUT2D eigenvalue weighted by atomic mass is 10.3. The number of carbonyl (C=O) groups excluding carboxylic acids is 1. The van der Waals surface area contributed by atoms with Crippen molar-refractivity contribution in [1.29, 1.82) is 0 Å². The van der Waals surface area contributed by atoms with Crippen molar-refractivity contribution in [3.8, 4) is 0 Å². The van der Waals surface area contributed by atoms with Gasteiger partial charge in [0.2, 0.25) is 15.9 Å². The van der Waals surface area contributed by atoms with E-state index in [0.717, 1.165) is 0 Å². The van der Waals surface area contributed by atoms with Crippen molar-refractivity contribution >= 4 is 27.5 Å². The van der Waals surface area contributed by atoms with Crippen molar-refractivity contribution in [3.05, 3.63) is 24.3 Å². The fourth-order valence-corrected chi connectivity index (χ4v) is 1.72. The standard InChI is InChI=1S/C9H12N4O4S/c10-8(13-15)5-9(14)12-6-2-1-3-7(4-6)18(11,16)17/h1-4,15H,5H2,(H2,10,13)(H,12,14)(H2,11,16,17). The molecule has 6 N–H and O–H groups in total. The van der Waals surface area contributed by atoms with E-state index in [1.807, 2.05) is 0 Å². The largest absolute Gasteiger partial charge is 0.409 e. The van der Waals surface area contributed by atoms with Crippen molar-refractivity contribution in [3.63, 3.8) is 0 Å². The molecular formula is C9H12N4O4S. The maximum atomic E-state index is 11.4. The van der Waals surface area contributed by atoms with Crippen molar-refractivity contribution in [2.75, 3.05) is 5.32 Å². The molecule has 9 heteroatoms. The monoisotopic (exact) mass is 272 g/mol. The Bertz CT molecular complexity index is 582. The molecule has 0 radical (unpaired) electrons. The minimum atomic E-state index is -3.83. The second-order valence-electron chi connectivity index (χ2n) is 3.39. The number of nitrogens with zero attached hydrogens (tertiary/aromatic N) is 1. The van der Waals surface area contributed by atoms with Crippen molar-refractivity contribution in [2.45, 2.75) is 11.3 Å². The quantitative estimate of drug-likeness (QED) is 0.250. The number of rotatable bonds is 4. The van der Waals surface area contributed by atoms with Gasteiger partial charge < -0.3 is 16.3 Å². The number of nitrogens with one attached hydrogen (secondary N) is 1. The fourth-order valence-electron chi connectivity index (χ4n) is 1.16. The van der Waals surface area contributed by atoms with E-state index in [-0.39, 0.29) is 22.8 Å². The molecule has 1 aromatic rings. The number of anilines is 1. The molecule has 0 unspecified atom stereocenters. The third kappa shape index (κ3) is 4.03. The number of sulfonamides is 1. The Balaban J connectivity index is 2.83. The number of benzene rings is 1. The van der Waals surface area contributed by atoms with Gasteiger partial charge in [0.25, 0.3) is 0 Å². The van der Waals surface area contributed by atoms with Gasteiger partial charge in [-0.15, -0.1) is 0 Å². The summed E-state index contributed by atoms with van der Waals surface area (Å²) in [4.78, 5) is 11.3. The Labute approximate surface area is 103 Å². The molecule has 0 aromatic heterocycles. The van der Waals surface area contributed by atoms with Crippen LogP contribution >= 0.6 is 0 Å². The molecule has 0 saturated heterocycles. The van der Waals surface area contributed by atoms with Crippen molar-refractivity contribution in [1.82, 2.24) is 0 Å². The molecule has 1 aromatic carbocycles. The first kappa shape index (κ1) is 13.9. The number of oxime groups is 1. The van der Waals surface area contributed by atoms with Gasteiger partial charge in [0.15, 0.2) is 0 Å². The van der Waals surface area contributed by atoms with Crippen LogP contribution in [0.25, 0.3) is 0 Å². The molecule has 0 atom stereocenters. The van der Waals surface area contributed by atoms with Gasteiger partial charge in [0.1, 0.15) is 5.84 Å². The highest BCUT2D eigenvalue weighted by Gasteiger charge is 2.10. The van der Waals surface area contributed by atoms with Crippen LogP contribution in [0.15, 0.2) is 34.3 Å². The van der Waals surface area contributed by atoms with Gasteiger partial charge in [-0.05, 0) is 18.2 Å². The average molecular weight is 272 g/mol. The molecular weight excluding hydrogens is 260 g/mol. The highest BCUT2D eigenvalue weighted by Crippen LogP contribution is 2.14. The van der Waals surface area contributed by atoms with Crippen LogP contribution in [0.2, 0.25) is 0 Å². The van der Waals surface area contributed by atoms with Gasteiger partial charge in [-0.2, -0.15) is 0 Å². The Kier molecular flexibility index (Phi) is 4.23. The van der Waals surface area contributed by atoms with Crippen LogP contribution < -0.4 is 16.2 Å². The zero-order valence-corrected chi connectivity index (χ0v) is 10.0. The van der Waals surface area contributed by atoms with Crippen molar-refractivity contribution < 1.29 is 18.4 Å². The number of amides is 1. The van der Waals surface area contributed by atoms with Crippen LogP contribution in [0.3, 0.4) is 0 Å². The average Bonchev–Trinajstić information content (AvgIpc) is 2.27. The van der Waals surface area contributed by atoms with E-state index in [2.05, 4.69) is 10.5 Å². The molecule has 0 fully saturated rings. The maximum Gasteiger partial charge on any atom is 0.238 e. The zero-order chi connectivity index (χ0) is 13.8. The summed E-state index contributed by atoms with van der Waals surface area (Å²) in [5.74, 6) is -0.799. The minimum absolute atomic E-state index is 0.121. The van der Waals surface area contributed by atoms with Gasteiger partial charge in [0, 0.05) is 5.69 Å². The molecule has 0 aliphatic rings. The summed E-state index contributed by atoms with van der Waals surface area (Å²) in [6, 6.07) is 5.42. The van der Waals surface area contributed by atoms with Crippen LogP contribution in [0.4, 0.5) is 5.69 Å². The van der Waals surface area contributed by atoms with E-state index >= 15 is 0 Å². The van der Waals surface area contributed by atoms with Gasteiger partial charge in [-0.25, -0.2) is 13.6 Å². The van der Waals surface area contributed by atoms with Crippen LogP contribution in [0, 0.1) is 0 Å². The molecule has 0 aliphatic carbocycles. The van der Waals surface area contributed by atoms with E-state index in [0.29, 0.717) is 0 Å². The molecule has 1 rings (SSSR count). The number of nitrogens with two attached hydrogens (primary N) is 2. The number of hydrogen-bond donors (Lipinski definition) is 4. The van der Waals surface area contributed by atoms with E-state index < -0.39 is 15.9 Å². The van der Waals surface area contributed by atoms with Gasteiger partial charge >= 0.3 is 0 Å². The van der Waals surface area contributed by atoms with E-state index in [1.165, 1.54) is 24.3 Å². The number of hydrogen-bond acceptors (Lipinski definition) is 5. The molecule has 0 heterocycles. The van der Waals surface area contributed by atoms with E-state index in [4.69, 9.17) is 16.1 Å². The highest BCUT2D eigenvalue weighted by atomic mass is 32.2. The Morgan fingerprint density at radius 1 is 1.44 bits per heavy atom. The fraction of sp³-hybridized carbons (Fsp3) is 0.111. The molecule has 8 nitrogen and oxygen atoms in total. The summed E-state index contributed by atoms with van der Waals surface area (Å²) < 4.78 is 22.2. The van der Waals surface area contributed by atoms with E-state index in [9.17, 15) is 13.2 Å². The number of carbonyl (C=O) groups is 1. The number of amidine groups is 1. The first-order valence-corrected chi connectivity index (χ1v) is 6.26. The summed E-state index contributed by atoms with van der Waals surface area (Å²) in [5.41, 5.74) is 5.40. The molecule has 1 amide bonds. The smallest absolute Gasteiger partial charge is 0.238 e. The summed E-state index contributed by atoms with van der Waals surface area (Å²) in [6.45, 7) is 0. The number of primary sulfonamides is 1. The third-order valence-corrected chi connectivity index (χ3v) is 2.83. The Morgan fingerprint density at radius 2 is 2.11 bits per heavy atom. The topological polar surface area (TPSA) is 148 Å². The Morgan fingerprint density at radius 3 is 2.67 bits per heavy atom. The summed E-state index contributed by atoms with van der Waals surface area (Å²) in [5, 5.41) is 18.3. The van der Waals surface area contributed by atoms with Crippen LogP contribution in [-0.4, -0.2) is 25.4 Å². The lowest BCUT2D eigenvalue weighted by molar-refractivity contribution is -0.115. The van der Waals surface area contributed by atoms with Gasteiger partial charge in [0.05, 0.1) is 11.3 Å². The predicted molar refractivity (Wildman–Crippen MR) is 64.5 cm³/mol. The molecule has 0 aliphatic heterocycles. The van der Waals surface area contributed by atoms with Crippen LogP contribution in [0.1, 0.15) is 6.42 Å². The van der Waals surface area contributed by atoms with E-state index in [1.54, 1.807) is 0 Å². The zero-order valence-electron chi connectivity index (χ0n) is 9.20. The predicted octanol–water partition coefficient (Wildman–Crippen LogP) is -0.591. The lowest BCUT2D eigenvalue weighted by Gasteiger charge is -2.06. The first-order chi connectivity index (χ1) is 8.32. The highest BCUT2D eigenvalue weighted by molar-refractivity contribution is 7.89. The SMILES string of the molecule is N/C(CC(=O)Nc1cccc(S(N)(=O)=O)c1)=N\O. The third-order valence-electron chi connectivity index (χ3n) is 1.92. The van der Waals surface area contributed by atoms with Crippen LogP contribution in [-0.2, 0) is 14.8 Å². The summed E-state index contributed by atoms with van der Waals surface area (Å²) >= 11 is 0.